The largest absolute Gasteiger partial charge is 0.316 e. The lowest BCUT2D eigenvalue weighted by Gasteiger charge is -2.22. The third-order valence-electron chi connectivity index (χ3n) is 4.29. The summed E-state index contributed by atoms with van der Waals surface area (Å²) in [5.74, 6) is 0.663. The Bertz CT molecular complexity index is 853. The summed E-state index contributed by atoms with van der Waals surface area (Å²) in [5, 5.41) is 16.0. The highest BCUT2D eigenvalue weighted by Gasteiger charge is 2.23. The number of nitrogens with zero attached hydrogens (tertiary/aromatic N) is 3. The molecule has 4 rings (SSSR count). The first kappa shape index (κ1) is 15.9. The molecule has 0 aliphatic carbocycles. The Balaban J connectivity index is 1.50. The van der Waals surface area contributed by atoms with E-state index in [0.29, 0.717) is 17.3 Å². The highest BCUT2D eigenvalue weighted by atomic mass is 32.1. The van der Waals surface area contributed by atoms with E-state index in [1.54, 1.807) is 18.6 Å². The number of thiazole rings is 1. The molecule has 1 unspecified atom stereocenters. The van der Waals surface area contributed by atoms with Crippen LogP contribution in [0.4, 0.5) is 5.82 Å². The fraction of sp³-hybridized carbons (Fsp3) is 0.294. The highest BCUT2D eigenvalue weighted by Crippen LogP contribution is 2.27. The number of rotatable bonds is 4. The molecule has 0 aromatic carbocycles. The third kappa shape index (κ3) is 3.45. The number of hydrogen-bond donors (Lipinski definition) is 3. The summed E-state index contributed by atoms with van der Waals surface area (Å²) < 4.78 is 0. The fourth-order valence-corrected chi connectivity index (χ4v) is 3.79. The van der Waals surface area contributed by atoms with Gasteiger partial charge in [-0.25, -0.2) is 4.98 Å². The van der Waals surface area contributed by atoms with Crippen LogP contribution in [0, 0.1) is 0 Å². The molecule has 25 heavy (non-hydrogen) atoms. The minimum Gasteiger partial charge on any atom is -0.316 e. The molecule has 1 fully saturated rings. The molecule has 8 heteroatoms. The Morgan fingerprint density at radius 1 is 1.32 bits per heavy atom. The maximum Gasteiger partial charge on any atom is 0.260 e. The molecule has 4 heterocycles. The number of aromatic amines is 1. The SMILES string of the molecule is O=C(Nc1csc(-c2ccncc2)n1)c1cn[nH]c1C1CCCNC1. The van der Waals surface area contributed by atoms with Gasteiger partial charge < -0.3 is 10.6 Å². The molecule has 1 amide bonds. The van der Waals surface area contributed by atoms with Crippen molar-refractivity contribution in [3.05, 3.63) is 47.4 Å². The lowest BCUT2D eigenvalue weighted by molar-refractivity contribution is 0.102. The second-order valence-corrected chi connectivity index (χ2v) is 6.83. The van der Waals surface area contributed by atoms with Crippen molar-refractivity contribution < 1.29 is 4.79 Å². The third-order valence-corrected chi connectivity index (χ3v) is 5.18. The number of nitrogens with one attached hydrogen (secondary N) is 3. The number of pyridine rings is 1. The van der Waals surface area contributed by atoms with Crippen LogP contribution in [0.3, 0.4) is 0 Å². The minimum atomic E-state index is -0.180. The predicted octanol–water partition coefficient (Wildman–Crippen LogP) is 2.65. The average Bonchev–Trinajstić information content (AvgIpc) is 3.33. The quantitative estimate of drug-likeness (QED) is 0.669. The van der Waals surface area contributed by atoms with Gasteiger partial charge in [-0.2, -0.15) is 5.10 Å². The first-order valence-electron chi connectivity index (χ1n) is 8.22. The van der Waals surface area contributed by atoms with E-state index in [9.17, 15) is 4.79 Å². The van der Waals surface area contributed by atoms with E-state index in [0.717, 1.165) is 42.2 Å². The van der Waals surface area contributed by atoms with Gasteiger partial charge in [0.05, 0.1) is 17.5 Å². The maximum absolute atomic E-state index is 12.6. The van der Waals surface area contributed by atoms with Crippen LogP contribution < -0.4 is 10.6 Å². The fourth-order valence-electron chi connectivity index (χ4n) is 3.03. The van der Waals surface area contributed by atoms with Gasteiger partial charge in [0, 0.05) is 35.8 Å². The van der Waals surface area contributed by atoms with Gasteiger partial charge in [-0.05, 0) is 31.5 Å². The first-order chi connectivity index (χ1) is 12.3. The van der Waals surface area contributed by atoms with Crippen molar-refractivity contribution in [2.24, 2.45) is 0 Å². The van der Waals surface area contributed by atoms with Crippen LogP contribution in [0.25, 0.3) is 10.6 Å². The number of carbonyl (C=O) groups excluding carboxylic acids is 1. The summed E-state index contributed by atoms with van der Waals surface area (Å²) in [6.07, 6.45) is 7.20. The van der Waals surface area contributed by atoms with E-state index < -0.39 is 0 Å². The molecule has 3 aromatic rings. The lowest BCUT2D eigenvalue weighted by atomic mass is 9.93. The average molecular weight is 354 g/mol. The number of H-pyrrole nitrogens is 1. The van der Waals surface area contributed by atoms with Crippen LogP contribution in [-0.4, -0.2) is 39.2 Å². The van der Waals surface area contributed by atoms with Crippen LogP contribution in [0.5, 0.6) is 0 Å². The van der Waals surface area contributed by atoms with Crippen molar-refractivity contribution in [1.29, 1.82) is 0 Å². The Hall–Kier alpha value is -2.58. The number of carbonyl (C=O) groups is 1. The molecule has 0 radical (unpaired) electrons. The van der Waals surface area contributed by atoms with Gasteiger partial charge in [0.2, 0.25) is 0 Å². The predicted molar refractivity (Wildman–Crippen MR) is 96.7 cm³/mol. The Morgan fingerprint density at radius 2 is 2.20 bits per heavy atom. The molecule has 1 atom stereocenters. The van der Waals surface area contributed by atoms with E-state index >= 15 is 0 Å². The summed E-state index contributed by atoms with van der Waals surface area (Å²) in [4.78, 5) is 21.1. The molecule has 1 aliphatic heterocycles. The van der Waals surface area contributed by atoms with Gasteiger partial charge >= 0.3 is 0 Å². The van der Waals surface area contributed by atoms with Gasteiger partial charge in [-0.1, -0.05) is 0 Å². The number of hydrogen-bond acceptors (Lipinski definition) is 6. The van der Waals surface area contributed by atoms with Crippen molar-refractivity contribution in [2.75, 3.05) is 18.4 Å². The van der Waals surface area contributed by atoms with Crippen molar-refractivity contribution in [3.8, 4) is 10.6 Å². The second-order valence-electron chi connectivity index (χ2n) is 5.97. The molecular weight excluding hydrogens is 336 g/mol. The zero-order chi connectivity index (χ0) is 17.1. The van der Waals surface area contributed by atoms with Crippen molar-refractivity contribution in [1.82, 2.24) is 25.5 Å². The second kappa shape index (κ2) is 7.12. The molecule has 3 N–H and O–H groups in total. The Morgan fingerprint density at radius 3 is 3.00 bits per heavy atom. The number of piperidine rings is 1. The van der Waals surface area contributed by atoms with E-state index in [2.05, 4.69) is 30.8 Å². The zero-order valence-electron chi connectivity index (χ0n) is 13.5. The summed E-state index contributed by atoms with van der Waals surface area (Å²) >= 11 is 1.49. The van der Waals surface area contributed by atoms with Crippen LogP contribution >= 0.6 is 11.3 Å². The van der Waals surface area contributed by atoms with Gasteiger partial charge in [0.25, 0.3) is 5.91 Å². The monoisotopic (exact) mass is 354 g/mol. The molecule has 0 bridgehead atoms. The Labute approximate surface area is 148 Å². The van der Waals surface area contributed by atoms with Gasteiger partial charge in [0.15, 0.2) is 0 Å². The number of amides is 1. The molecule has 128 valence electrons. The van der Waals surface area contributed by atoms with E-state index in [-0.39, 0.29) is 5.91 Å². The van der Waals surface area contributed by atoms with Crippen LogP contribution in [0.2, 0.25) is 0 Å². The van der Waals surface area contributed by atoms with E-state index in [1.807, 2.05) is 17.5 Å². The molecule has 0 spiro atoms. The summed E-state index contributed by atoms with van der Waals surface area (Å²) in [5.41, 5.74) is 2.47. The van der Waals surface area contributed by atoms with Crippen molar-refractivity contribution in [2.45, 2.75) is 18.8 Å². The van der Waals surface area contributed by atoms with Crippen molar-refractivity contribution in [3.63, 3.8) is 0 Å². The van der Waals surface area contributed by atoms with Crippen LogP contribution in [0.1, 0.15) is 34.8 Å². The topological polar surface area (TPSA) is 95.6 Å². The first-order valence-corrected chi connectivity index (χ1v) is 9.10. The van der Waals surface area contributed by atoms with Crippen molar-refractivity contribution >= 4 is 23.1 Å². The minimum absolute atomic E-state index is 0.180. The number of anilines is 1. The number of aromatic nitrogens is 4. The van der Waals surface area contributed by atoms with Gasteiger partial charge in [-0.15, -0.1) is 11.3 Å². The summed E-state index contributed by atoms with van der Waals surface area (Å²) in [7, 11) is 0. The molecule has 3 aromatic heterocycles. The molecular formula is C17H18N6OS. The van der Waals surface area contributed by atoms with Gasteiger partial charge in [-0.3, -0.25) is 14.9 Å². The molecule has 0 saturated carbocycles. The smallest absolute Gasteiger partial charge is 0.260 e. The zero-order valence-corrected chi connectivity index (χ0v) is 14.3. The lowest BCUT2D eigenvalue weighted by Crippen LogP contribution is -2.29. The summed E-state index contributed by atoms with van der Waals surface area (Å²) in [6, 6.07) is 3.80. The van der Waals surface area contributed by atoms with Crippen LogP contribution in [0.15, 0.2) is 36.1 Å². The van der Waals surface area contributed by atoms with E-state index in [4.69, 9.17) is 0 Å². The van der Waals surface area contributed by atoms with Crippen LogP contribution in [-0.2, 0) is 0 Å². The summed E-state index contributed by atoms with van der Waals surface area (Å²) in [6.45, 7) is 1.90. The molecule has 1 aliphatic rings. The highest BCUT2D eigenvalue weighted by molar-refractivity contribution is 7.13. The van der Waals surface area contributed by atoms with E-state index in [1.165, 1.54) is 11.3 Å². The Kier molecular flexibility index (Phi) is 4.53. The standard InChI is InChI=1S/C17H18N6OS/c24-16(13-9-20-23-15(13)12-2-1-5-19-8-12)21-14-10-25-17(22-14)11-3-6-18-7-4-11/h3-4,6-7,9-10,12,19H,1-2,5,8H2,(H,20,23)(H,21,24). The normalized spacial score (nSPS) is 17.4. The molecule has 7 nitrogen and oxygen atoms in total. The molecule has 1 saturated heterocycles. The maximum atomic E-state index is 12.6. The van der Waals surface area contributed by atoms with Gasteiger partial charge in [0.1, 0.15) is 10.8 Å².